The number of fused-ring (bicyclic) bond motifs is 1. The van der Waals surface area contributed by atoms with Gasteiger partial charge in [-0.25, -0.2) is 8.78 Å². The number of aromatic nitrogens is 1. The van der Waals surface area contributed by atoms with Crippen molar-refractivity contribution < 1.29 is 13.5 Å². The summed E-state index contributed by atoms with van der Waals surface area (Å²) in [5.41, 5.74) is 6.71. The molecule has 0 aliphatic carbocycles. The Hall–Kier alpha value is -2.48. The van der Waals surface area contributed by atoms with Crippen LogP contribution in [0, 0.1) is 11.6 Å². The Labute approximate surface area is 177 Å². The number of amidine groups is 1. The van der Waals surface area contributed by atoms with Crippen molar-refractivity contribution >= 4 is 52.1 Å². The van der Waals surface area contributed by atoms with Crippen LogP contribution < -0.4 is 11.1 Å². The lowest BCUT2D eigenvalue weighted by Gasteiger charge is -2.30. The number of hydrogen-bond donors (Lipinski definition) is 2. The van der Waals surface area contributed by atoms with Crippen molar-refractivity contribution in [3.63, 3.8) is 0 Å². The molecule has 0 saturated heterocycles. The lowest BCUT2D eigenvalue weighted by atomic mass is 9.91. The Morgan fingerprint density at radius 1 is 1.21 bits per heavy atom. The molecule has 0 amide bonds. The number of rotatable bonds is 3. The van der Waals surface area contributed by atoms with E-state index in [1.54, 1.807) is 25.1 Å². The first kappa shape index (κ1) is 21.2. The molecule has 152 valence electrons. The molecule has 9 heteroatoms. The minimum atomic E-state index is -0.945. The quantitative estimate of drug-likeness (QED) is 0.607. The fraction of sp³-hybridized carbons (Fsp3) is 0.200. The fourth-order valence-electron chi connectivity index (χ4n) is 3.33. The van der Waals surface area contributed by atoms with Gasteiger partial charge in [0, 0.05) is 22.8 Å². The molecule has 29 heavy (non-hydrogen) atoms. The van der Waals surface area contributed by atoms with Crippen LogP contribution in [0.2, 0.25) is 5.02 Å². The first-order valence-electron chi connectivity index (χ1n) is 8.58. The minimum absolute atomic E-state index is 0. The molecule has 5 nitrogen and oxygen atoms in total. The number of hydrogen-bond acceptors (Lipinski definition) is 5. The molecule has 1 aromatic heterocycles. The van der Waals surface area contributed by atoms with Crippen LogP contribution in [-0.4, -0.2) is 24.0 Å². The highest BCUT2D eigenvalue weighted by molar-refractivity contribution is 6.31. The highest BCUT2D eigenvalue weighted by Gasteiger charge is 2.32. The van der Waals surface area contributed by atoms with Crippen molar-refractivity contribution in [3.8, 4) is 0 Å². The molecule has 2 heterocycles. The van der Waals surface area contributed by atoms with Gasteiger partial charge in [-0.1, -0.05) is 11.6 Å². The van der Waals surface area contributed by atoms with E-state index in [1.807, 2.05) is 0 Å². The normalized spacial score (nSPS) is 18.8. The lowest BCUT2D eigenvalue weighted by Crippen LogP contribution is -2.38. The number of pyridine rings is 1. The molecule has 2 aromatic carbocycles. The van der Waals surface area contributed by atoms with Gasteiger partial charge in [0.1, 0.15) is 29.6 Å². The SMILES string of the molecule is C[C@@]1(c2cc(Nc3cc(F)cc4cc(Cl)cnc34)ccc2F)COCC(N)=N1.Cl. The predicted molar refractivity (Wildman–Crippen MR) is 113 cm³/mol. The minimum Gasteiger partial charge on any atom is -0.386 e. The molecule has 3 N–H and O–H groups in total. The van der Waals surface area contributed by atoms with E-state index in [0.29, 0.717) is 38.7 Å². The molecular weight excluding hydrogens is 421 g/mol. The number of benzene rings is 2. The molecule has 0 bridgehead atoms. The van der Waals surface area contributed by atoms with E-state index in [1.165, 1.54) is 24.4 Å². The second-order valence-corrected chi connectivity index (χ2v) is 7.30. The molecule has 0 spiro atoms. The summed E-state index contributed by atoms with van der Waals surface area (Å²) in [7, 11) is 0. The van der Waals surface area contributed by atoms with Crippen molar-refractivity contribution in [3.05, 3.63) is 64.8 Å². The molecule has 0 unspecified atom stereocenters. The molecular formula is C20H18Cl2F2N4O. The van der Waals surface area contributed by atoms with Crippen molar-refractivity contribution in [2.45, 2.75) is 12.5 Å². The number of aliphatic imine (C=N–C) groups is 1. The average Bonchev–Trinajstić information content (AvgIpc) is 2.62. The van der Waals surface area contributed by atoms with Crippen LogP contribution in [0.15, 0.2) is 47.6 Å². The summed E-state index contributed by atoms with van der Waals surface area (Å²) >= 11 is 5.95. The summed E-state index contributed by atoms with van der Waals surface area (Å²) in [6, 6.07) is 8.82. The summed E-state index contributed by atoms with van der Waals surface area (Å²) < 4.78 is 34.0. The highest BCUT2D eigenvalue weighted by atomic mass is 35.5. The number of anilines is 2. The Morgan fingerprint density at radius 2 is 2.00 bits per heavy atom. The van der Waals surface area contributed by atoms with E-state index >= 15 is 0 Å². The largest absolute Gasteiger partial charge is 0.386 e. The standard InChI is InChI=1S/C20H17ClF2N4O.ClH/c1-20(10-28-9-18(24)27-20)15-7-14(2-3-16(15)23)26-17-6-13(22)5-11-4-12(21)8-25-19(11)17;/h2-8,26H,9-10H2,1H3,(H2,24,27);1H/t20-;/m0./s1. The van der Waals surface area contributed by atoms with Crippen LogP contribution in [0.1, 0.15) is 12.5 Å². The third kappa shape index (κ3) is 4.27. The van der Waals surface area contributed by atoms with Gasteiger partial charge >= 0.3 is 0 Å². The molecule has 1 aliphatic rings. The molecule has 0 saturated carbocycles. The summed E-state index contributed by atoms with van der Waals surface area (Å²) in [6.07, 6.45) is 1.49. The number of nitrogens with two attached hydrogens (primary N) is 1. The Balaban J connectivity index is 0.00000240. The summed E-state index contributed by atoms with van der Waals surface area (Å²) in [5.74, 6) is -0.556. The van der Waals surface area contributed by atoms with Crippen LogP contribution >= 0.6 is 24.0 Å². The van der Waals surface area contributed by atoms with Gasteiger partial charge in [-0.15, -0.1) is 12.4 Å². The second kappa shape index (κ2) is 8.10. The van der Waals surface area contributed by atoms with Gasteiger partial charge in [-0.05, 0) is 43.3 Å². The van der Waals surface area contributed by atoms with E-state index in [9.17, 15) is 8.78 Å². The maximum Gasteiger partial charge on any atom is 0.129 e. The summed E-state index contributed by atoms with van der Waals surface area (Å²) in [5, 5.41) is 4.08. The van der Waals surface area contributed by atoms with E-state index in [4.69, 9.17) is 22.1 Å². The van der Waals surface area contributed by atoms with Gasteiger partial charge in [0.15, 0.2) is 0 Å². The van der Waals surface area contributed by atoms with E-state index in [2.05, 4.69) is 15.3 Å². The number of nitrogens with one attached hydrogen (secondary N) is 1. The number of nitrogens with zero attached hydrogens (tertiary/aromatic N) is 2. The Bertz CT molecular complexity index is 1100. The number of ether oxygens (including phenoxy) is 1. The van der Waals surface area contributed by atoms with Crippen LogP contribution in [0.25, 0.3) is 10.9 Å². The van der Waals surface area contributed by atoms with Crippen molar-refractivity contribution in [1.29, 1.82) is 0 Å². The first-order chi connectivity index (χ1) is 13.3. The molecule has 0 radical (unpaired) electrons. The van der Waals surface area contributed by atoms with E-state index in [0.717, 1.165) is 0 Å². The topological polar surface area (TPSA) is 72.5 Å². The van der Waals surface area contributed by atoms with Gasteiger partial charge in [0.25, 0.3) is 0 Å². The van der Waals surface area contributed by atoms with Gasteiger partial charge in [-0.2, -0.15) is 0 Å². The van der Waals surface area contributed by atoms with Gasteiger partial charge in [0.2, 0.25) is 0 Å². The second-order valence-electron chi connectivity index (χ2n) is 6.87. The maximum atomic E-state index is 14.5. The van der Waals surface area contributed by atoms with E-state index < -0.39 is 17.2 Å². The number of halogens is 4. The highest BCUT2D eigenvalue weighted by Crippen LogP contribution is 2.34. The third-order valence-corrected chi connectivity index (χ3v) is 4.77. The average molecular weight is 439 g/mol. The third-order valence-electron chi connectivity index (χ3n) is 4.56. The van der Waals surface area contributed by atoms with E-state index in [-0.39, 0.29) is 25.6 Å². The first-order valence-corrected chi connectivity index (χ1v) is 8.96. The zero-order valence-corrected chi connectivity index (χ0v) is 17.0. The lowest BCUT2D eigenvalue weighted by molar-refractivity contribution is 0.104. The summed E-state index contributed by atoms with van der Waals surface area (Å²) in [4.78, 5) is 8.66. The van der Waals surface area contributed by atoms with Gasteiger partial charge < -0.3 is 15.8 Å². The van der Waals surface area contributed by atoms with Crippen molar-refractivity contribution in [2.75, 3.05) is 18.5 Å². The Kier molecular flexibility index (Phi) is 5.93. The molecule has 1 aliphatic heterocycles. The summed E-state index contributed by atoms with van der Waals surface area (Å²) in [6.45, 7) is 2.18. The predicted octanol–water partition coefficient (Wildman–Crippen LogP) is 4.93. The molecule has 4 rings (SSSR count). The molecule has 3 aromatic rings. The van der Waals surface area contributed by atoms with Gasteiger partial charge in [-0.3, -0.25) is 9.98 Å². The van der Waals surface area contributed by atoms with Crippen molar-refractivity contribution in [1.82, 2.24) is 4.98 Å². The van der Waals surface area contributed by atoms with Gasteiger partial charge in [0.05, 0.1) is 22.8 Å². The van der Waals surface area contributed by atoms with Crippen LogP contribution in [0.3, 0.4) is 0 Å². The van der Waals surface area contributed by atoms with Crippen LogP contribution in [-0.2, 0) is 10.3 Å². The van der Waals surface area contributed by atoms with Crippen molar-refractivity contribution in [2.24, 2.45) is 10.7 Å². The molecule has 1 atom stereocenters. The van der Waals surface area contributed by atoms with Crippen LogP contribution in [0.5, 0.6) is 0 Å². The Morgan fingerprint density at radius 3 is 2.76 bits per heavy atom. The smallest absolute Gasteiger partial charge is 0.129 e. The zero-order valence-electron chi connectivity index (χ0n) is 15.4. The fourth-order valence-corrected chi connectivity index (χ4v) is 3.49. The molecule has 0 fully saturated rings. The van der Waals surface area contributed by atoms with Crippen LogP contribution in [0.4, 0.5) is 20.2 Å². The maximum absolute atomic E-state index is 14.5. The monoisotopic (exact) mass is 438 g/mol. The zero-order chi connectivity index (χ0) is 19.9.